The lowest BCUT2D eigenvalue weighted by molar-refractivity contribution is 0.128. The molecule has 1 aromatic rings. The summed E-state index contributed by atoms with van der Waals surface area (Å²) in [5, 5.41) is 4.32. The van der Waals surface area contributed by atoms with Crippen molar-refractivity contribution in [1.82, 2.24) is 14.7 Å². The first kappa shape index (κ1) is 10.6. The number of aromatic nitrogens is 2. The molecule has 0 radical (unpaired) electrons. The van der Waals surface area contributed by atoms with E-state index >= 15 is 0 Å². The molecule has 1 aromatic heterocycles. The molecule has 0 saturated carbocycles. The van der Waals surface area contributed by atoms with Crippen molar-refractivity contribution in [3.8, 4) is 0 Å². The van der Waals surface area contributed by atoms with E-state index in [1.807, 2.05) is 6.20 Å². The molecule has 1 aliphatic rings. The molecular weight excluding hydrogens is 192 g/mol. The van der Waals surface area contributed by atoms with Gasteiger partial charge in [-0.05, 0) is 0 Å². The topological polar surface area (TPSA) is 56.3 Å². The predicted molar refractivity (Wildman–Crippen MR) is 57.3 cm³/mol. The molecule has 1 aliphatic heterocycles. The maximum Gasteiger partial charge on any atom is 0.0589 e. The lowest BCUT2D eigenvalue weighted by atomic mass is 10.2. The van der Waals surface area contributed by atoms with E-state index in [1.54, 1.807) is 7.11 Å². The fourth-order valence-corrected chi connectivity index (χ4v) is 1.93. The minimum absolute atomic E-state index is 0.577. The first-order valence-corrected chi connectivity index (χ1v) is 5.30. The van der Waals surface area contributed by atoms with Gasteiger partial charge in [0, 0.05) is 38.9 Å². The minimum Gasteiger partial charge on any atom is -0.383 e. The summed E-state index contributed by atoms with van der Waals surface area (Å²) >= 11 is 0. The van der Waals surface area contributed by atoms with Crippen molar-refractivity contribution in [3.05, 3.63) is 17.5 Å². The third kappa shape index (κ3) is 2.19. The van der Waals surface area contributed by atoms with Gasteiger partial charge >= 0.3 is 0 Å². The number of rotatable bonds is 4. The molecule has 2 N–H and O–H groups in total. The van der Waals surface area contributed by atoms with Gasteiger partial charge in [-0.3, -0.25) is 9.58 Å². The van der Waals surface area contributed by atoms with Gasteiger partial charge in [0.05, 0.1) is 25.0 Å². The number of hydrogen-bond acceptors (Lipinski definition) is 4. The van der Waals surface area contributed by atoms with Crippen LogP contribution in [0.2, 0.25) is 0 Å². The van der Waals surface area contributed by atoms with Crippen molar-refractivity contribution in [2.24, 2.45) is 5.73 Å². The number of fused-ring (bicyclic) bond motifs is 1. The van der Waals surface area contributed by atoms with Crippen molar-refractivity contribution in [1.29, 1.82) is 0 Å². The molecule has 0 atom stereocenters. The van der Waals surface area contributed by atoms with Crippen LogP contribution in [0.4, 0.5) is 0 Å². The summed E-state index contributed by atoms with van der Waals surface area (Å²) in [4.78, 5) is 2.37. The molecule has 0 aromatic carbocycles. The third-order valence-corrected chi connectivity index (χ3v) is 2.87. The van der Waals surface area contributed by atoms with Crippen molar-refractivity contribution in [2.45, 2.75) is 19.6 Å². The van der Waals surface area contributed by atoms with Gasteiger partial charge in [0.15, 0.2) is 0 Å². The van der Waals surface area contributed by atoms with Crippen LogP contribution < -0.4 is 5.73 Å². The van der Waals surface area contributed by atoms with Crippen molar-refractivity contribution >= 4 is 0 Å². The van der Waals surface area contributed by atoms with E-state index in [1.165, 1.54) is 5.69 Å². The Morgan fingerprint density at radius 2 is 2.40 bits per heavy atom. The SMILES string of the molecule is COCCN1CCn2ncc(CN)c2C1. The van der Waals surface area contributed by atoms with Crippen LogP contribution in [0.15, 0.2) is 6.20 Å². The van der Waals surface area contributed by atoms with Gasteiger partial charge in [0.1, 0.15) is 0 Å². The lowest BCUT2D eigenvalue weighted by Crippen LogP contribution is -2.36. The Morgan fingerprint density at radius 1 is 1.53 bits per heavy atom. The Kier molecular flexibility index (Phi) is 3.35. The summed E-state index contributed by atoms with van der Waals surface area (Å²) in [6.45, 7) is 5.28. The molecule has 84 valence electrons. The fourth-order valence-electron chi connectivity index (χ4n) is 1.93. The van der Waals surface area contributed by atoms with Gasteiger partial charge in [-0.1, -0.05) is 0 Å². The molecule has 5 nitrogen and oxygen atoms in total. The molecular formula is C10H18N4O. The van der Waals surface area contributed by atoms with Crippen LogP contribution in [-0.4, -0.2) is 41.5 Å². The van der Waals surface area contributed by atoms with E-state index in [2.05, 4.69) is 14.7 Å². The molecule has 5 heteroatoms. The van der Waals surface area contributed by atoms with Crippen molar-refractivity contribution in [3.63, 3.8) is 0 Å². The van der Waals surface area contributed by atoms with E-state index < -0.39 is 0 Å². The Hall–Kier alpha value is -0.910. The summed E-state index contributed by atoms with van der Waals surface area (Å²) in [5.41, 5.74) is 8.10. The quantitative estimate of drug-likeness (QED) is 0.748. The van der Waals surface area contributed by atoms with Gasteiger partial charge < -0.3 is 10.5 Å². The largest absolute Gasteiger partial charge is 0.383 e. The molecule has 2 heterocycles. The highest BCUT2D eigenvalue weighted by atomic mass is 16.5. The van der Waals surface area contributed by atoms with E-state index in [-0.39, 0.29) is 0 Å². The second kappa shape index (κ2) is 4.74. The third-order valence-electron chi connectivity index (χ3n) is 2.87. The Morgan fingerprint density at radius 3 is 3.13 bits per heavy atom. The zero-order valence-corrected chi connectivity index (χ0v) is 9.15. The second-order valence-corrected chi connectivity index (χ2v) is 3.81. The van der Waals surface area contributed by atoms with Gasteiger partial charge in [-0.25, -0.2) is 0 Å². The maximum atomic E-state index is 5.67. The van der Waals surface area contributed by atoms with Crippen LogP contribution in [0.25, 0.3) is 0 Å². The smallest absolute Gasteiger partial charge is 0.0589 e. The Bertz CT molecular complexity index is 310. The molecule has 0 unspecified atom stereocenters. The van der Waals surface area contributed by atoms with Gasteiger partial charge in [-0.15, -0.1) is 0 Å². The van der Waals surface area contributed by atoms with Crippen LogP contribution >= 0.6 is 0 Å². The van der Waals surface area contributed by atoms with E-state index in [9.17, 15) is 0 Å². The standard InChI is InChI=1S/C10H18N4O/c1-15-5-4-13-2-3-14-10(8-13)9(6-11)7-12-14/h7H,2-6,8,11H2,1H3. The predicted octanol–water partition coefficient (Wildman–Crippen LogP) is -0.196. The highest BCUT2D eigenvalue weighted by Crippen LogP contribution is 2.15. The van der Waals surface area contributed by atoms with Crippen LogP contribution in [0.1, 0.15) is 11.3 Å². The van der Waals surface area contributed by atoms with Crippen LogP contribution in [-0.2, 0) is 24.4 Å². The molecule has 0 amide bonds. The first-order valence-electron chi connectivity index (χ1n) is 5.30. The first-order chi connectivity index (χ1) is 7.35. The fraction of sp³-hybridized carbons (Fsp3) is 0.700. The molecule has 0 saturated heterocycles. The van der Waals surface area contributed by atoms with Gasteiger partial charge in [-0.2, -0.15) is 5.10 Å². The summed E-state index contributed by atoms with van der Waals surface area (Å²) in [7, 11) is 1.74. The van der Waals surface area contributed by atoms with Crippen LogP contribution in [0.3, 0.4) is 0 Å². The normalized spacial score (nSPS) is 16.7. The van der Waals surface area contributed by atoms with Crippen molar-refractivity contribution < 1.29 is 4.74 Å². The van der Waals surface area contributed by atoms with E-state index in [4.69, 9.17) is 10.5 Å². The molecule has 0 aliphatic carbocycles. The van der Waals surface area contributed by atoms with Gasteiger partial charge in [0.25, 0.3) is 0 Å². The van der Waals surface area contributed by atoms with E-state index in [0.717, 1.165) is 38.3 Å². The van der Waals surface area contributed by atoms with Crippen LogP contribution in [0.5, 0.6) is 0 Å². The summed E-state index contributed by atoms with van der Waals surface area (Å²) in [6.07, 6.45) is 1.88. The second-order valence-electron chi connectivity index (χ2n) is 3.81. The van der Waals surface area contributed by atoms with Gasteiger partial charge in [0.2, 0.25) is 0 Å². The summed E-state index contributed by atoms with van der Waals surface area (Å²) in [5.74, 6) is 0. The monoisotopic (exact) mass is 210 g/mol. The number of nitrogens with two attached hydrogens (primary N) is 1. The highest BCUT2D eigenvalue weighted by molar-refractivity contribution is 5.18. The molecule has 0 spiro atoms. The zero-order valence-electron chi connectivity index (χ0n) is 9.15. The van der Waals surface area contributed by atoms with Crippen LogP contribution in [0, 0.1) is 0 Å². The number of nitrogens with zero attached hydrogens (tertiary/aromatic N) is 3. The average Bonchev–Trinajstić information content (AvgIpc) is 2.68. The molecule has 15 heavy (non-hydrogen) atoms. The zero-order chi connectivity index (χ0) is 10.7. The Balaban J connectivity index is 2.04. The van der Waals surface area contributed by atoms with Crippen molar-refractivity contribution in [2.75, 3.05) is 26.8 Å². The number of methoxy groups -OCH3 is 1. The van der Waals surface area contributed by atoms with E-state index in [0.29, 0.717) is 6.54 Å². The Labute approximate surface area is 89.8 Å². The molecule has 0 fully saturated rings. The number of hydrogen-bond donors (Lipinski definition) is 1. The lowest BCUT2D eigenvalue weighted by Gasteiger charge is -2.27. The summed E-state index contributed by atoms with van der Waals surface area (Å²) < 4.78 is 7.14. The average molecular weight is 210 g/mol. The summed E-state index contributed by atoms with van der Waals surface area (Å²) in [6, 6.07) is 0. The number of ether oxygens (including phenoxy) is 1. The highest BCUT2D eigenvalue weighted by Gasteiger charge is 2.18. The molecule has 0 bridgehead atoms. The molecule has 2 rings (SSSR count). The minimum atomic E-state index is 0.577. The maximum absolute atomic E-state index is 5.67.